The summed E-state index contributed by atoms with van der Waals surface area (Å²) in [6, 6.07) is 4.06. The number of amides is 1. The number of carbonyl (C=O) groups is 1. The average molecular weight is 295 g/mol. The van der Waals surface area contributed by atoms with Gasteiger partial charge in [-0.25, -0.2) is 4.39 Å². The van der Waals surface area contributed by atoms with Crippen LogP contribution in [0.5, 0.6) is 0 Å². The van der Waals surface area contributed by atoms with Gasteiger partial charge in [-0.1, -0.05) is 0 Å². The number of hydrogen-bond acceptors (Lipinski definition) is 4. The van der Waals surface area contributed by atoms with Gasteiger partial charge in [0.2, 0.25) is 5.91 Å². The van der Waals surface area contributed by atoms with Crippen LogP contribution in [-0.2, 0) is 9.53 Å². The van der Waals surface area contributed by atoms with Crippen LogP contribution in [0.15, 0.2) is 18.2 Å². The van der Waals surface area contributed by atoms with Gasteiger partial charge in [0.25, 0.3) is 0 Å². The highest BCUT2D eigenvalue weighted by Gasteiger charge is 2.30. The van der Waals surface area contributed by atoms with Gasteiger partial charge in [0.15, 0.2) is 0 Å². The van der Waals surface area contributed by atoms with Crippen LogP contribution in [0.4, 0.5) is 15.8 Å². The zero-order valence-electron chi connectivity index (χ0n) is 12.6. The molecule has 1 aromatic rings. The predicted octanol–water partition coefficient (Wildman–Crippen LogP) is 1.84. The Kier molecular flexibility index (Phi) is 4.80. The number of carbonyl (C=O) groups excluding carboxylic acids is 1. The molecule has 3 atom stereocenters. The molecule has 5 nitrogen and oxygen atoms in total. The summed E-state index contributed by atoms with van der Waals surface area (Å²) < 4.78 is 18.7. The lowest BCUT2D eigenvalue weighted by molar-refractivity contribution is -0.126. The normalized spacial score (nSPS) is 24.6. The van der Waals surface area contributed by atoms with Crippen molar-refractivity contribution in [3.05, 3.63) is 24.0 Å². The van der Waals surface area contributed by atoms with Crippen molar-refractivity contribution in [1.29, 1.82) is 0 Å². The molecule has 0 bridgehead atoms. The number of nitrogens with one attached hydrogen (secondary N) is 1. The number of nitrogens with two attached hydrogens (primary N) is 1. The first-order valence-corrected chi connectivity index (χ1v) is 7.11. The predicted molar refractivity (Wildman–Crippen MR) is 80.5 cm³/mol. The lowest BCUT2D eigenvalue weighted by Crippen LogP contribution is -2.54. The fraction of sp³-hybridized carbons (Fsp3) is 0.533. The zero-order chi connectivity index (χ0) is 15.6. The summed E-state index contributed by atoms with van der Waals surface area (Å²) in [6.45, 7) is 7.20. The highest BCUT2D eigenvalue weighted by atomic mass is 19.1. The molecule has 116 valence electrons. The number of benzene rings is 1. The smallest absolute Gasteiger partial charge is 0.241 e. The van der Waals surface area contributed by atoms with E-state index in [-0.39, 0.29) is 29.8 Å². The van der Waals surface area contributed by atoms with Crippen LogP contribution in [0.1, 0.15) is 20.8 Å². The summed E-state index contributed by atoms with van der Waals surface area (Å²) in [7, 11) is 0. The van der Waals surface area contributed by atoms with E-state index in [0.29, 0.717) is 18.8 Å². The number of morpholine rings is 1. The quantitative estimate of drug-likeness (QED) is 0.835. The van der Waals surface area contributed by atoms with Crippen molar-refractivity contribution in [1.82, 2.24) is 4.90 Å². The standard InChI is InChI=1S/C15H22FN3O2/c1-9-8-21-10(2)7-19(9)11(3)15(20)18-12-4-5-13(16)14(17)6-12/h4-6,9-11H,7-8,17H2,1-3H3,(H,18,20). The van der Waals surface area contributed by atoms with Crippen molar-refractivity contribution in [2.24, 2.45) is 0 Å². The van der Waals surface area contributed by atoms with Crippen LogP contribution in [0.2, 0.25) is 0 Å². The van der Waals surface area contributed by atoms with Crippen molar-refractivity contribution in [2.45, 2.75) is 39.0 Å². The van der Waals surface area contributed by atoms with E-state index in [2.05, 4.69) is 10.2 Å². The lowest BCUT2D eigenvalue weighted by atomic mass is 10.1. The third kappa shape index (κ3) is 3.71. The van der Waals surface area contributed by atoms with Gasteiger partial charge in [-0.2, -0.15) is 0 Å². The monoisotopic (exact) mass is 295 g/mol. The van der Waals surface area contributed by atoms with Crippen molar-refractivity contribution in [2.75, 3.05) is 24.2 Å². The molecule has 1 heterocycles. The second kappa shape index (κ2) is 6.41. The van der Waals surface area contributed by atoms with E-state index in [1.807, 2.05) is 20.8 Å². The van der Waals surface area contributed by atoms with Gasteiger partial charge in [-0.15, -0.1) is 0 Å². The van der Waals surface area contributed by atoms with E-state index in [1.165, 1.54) is 18.2 Å². The number of nitrogen functional groups attached to an aromatic ring is 1. The molecule has 21 heavy (non-hydrogen) atoms. The van der Waals surface area contributed by atoms with E-state index in [0.717, 1.165) is 0 Å². The Balaban J connectivity index is 2.03. The van der Waals surface area contributed by atoms with Crippen LogP contribution in [0.25, 0.3) is 0 Å². The van der Waals surface area contributed by atoms with Crippen LogP contribution in [-0.4, -0.2) is 42.1 Å². The first kappa shape index (κ1) is 15.7. The lowest BCUT2D eigenvalue weighted by Gasteiger charge is -2.39. The van der Waals surface area contributed by atoms with E-state index >= 15 is 0 Å². The summed E-state index contributed by atoms with van der Waals surface area (Å²) in [5.41, 5.74) is 6.02. The highest BCUT2D eigenvalue weighted by molar-refractivity contribution is 5.94. The fourth-order valence-electron chi connectivity index (χ4n) is 2.49. The maximum atomic E-state index is 13.1. The molecule has 2 rings (SSSR count). The van der Waals surface area contributed by atoms with Gasteiger partial charge in [-0.05, 0) is 39.0 Å². The summed E-state index contributed by atoms with van der Waals surface area (Å²) in [5, 5.41) is 2.77. The molecule has 0 aliphatic carbocycles. The van der Waals surface area contributed by atoms with Crippen LogP contribution in [0, 0.1) is 5.82 Å². The van der Waals surface area contributed by atoms with Gasteiger partial charge < -0.3 is 15.8 Å². The molecule has 3 unspecified atom stereocenters. The number of anilines is 2. The minimum absolute atomic E-state index is 0.0221. The SMILES string of the molecule is CC1CN(C(C)C(=O)Nc2ccc(F)c(N)c2)C(C)CO1. The van der Waals surface area contributed by atoms with Gasteiger partial charge in [0.05, 0.1) is 24.4 Å². The summed E-state index contributed by atoms with van der Waals surface area (Å²) in [5.74, 6) is -0.626. The molecule has 6 heteroatoms. The van der Waals surface area contributed by atoms with Crippen LogP contribution < -0.4 is 11.1 Å². The van der Waals surface area contributed by atoms with Gasteiger partial charge in [0, 0.05) is 18.3 Å². The molecule has 0 radical (unpaired) electrons. The number of nitrogens with zero attached hydrogens (tertiary/aromatic N) is 1. The molecular weight excluding hydrogens is 273 g/mol. The Morgan fingerprint density at radius 2 is 2.24 bits per heavy atom. The molecular formula is C15H22FN3O2. The van der Waals surface area contributed by atoms with Gasteiger partial charge >= 0.3 is 0 Å². The minimum Gasteiger partial charge on any atom is -0.396 e. The van der Waals surface area contributed by atoms with E-state index in [1.54, 1.807) is 0 Å². The molecule has 1 aliphatic rings. The Morgan fingerprint density at radius 1 is 1.52 bits per heavy atom. The number of halogens is 1. The Hall–Kier alpha value is -1.66. The van der Waals surface area contributed by atoms with Crippen LogP contribution >= 0.6 is 0 Å². The Labute approximate surface area is 124 Å². The molecule has 1 aromatic carbocycles. The summed E-state index contributed by atoms with van der Waals surface area (Å²) in [6.07, 6.45) is 0.109. The maximum Gasteiger partial charge on any atom is 0.241 e. The van der Waals surface area contributed by atoms with Gasteiger partial charge in [0.1, 0.15) is 5.82 Å². The first-order valence-electron chi connectivity index (χ1n) is 7.11. The third-order valence-corrected chi connectivity index (χ3v) is 3.80. The van der Waals surface area contributed by atoms with E-state index in [9.17, 15) is 9.18 Å². The van der Waals surface area contributed by atoms with Crippen molar-refractivity contribution >= 4 is 17.3 Å². The Morgan fingerprint density at radius 3 is 2.90 bits per heavy atom. The zero-order valence-corrected chi connectivity index (χ0v) is 12.6. The topological polar surface area (TPSA) is 67.6 Å². The summed E-state index contributed by atoms with van der Waals surface area (Å²) >= 11 is 0. The molecule has 1 fully saturated rings. The van der Waals surface area contributed by atoms with E-state index in [4.69, 9.17) is 10.5 Å². The van der Waals surface area contributed by atoms with Gasteiger partial charge in [-0.3, -0.25) is 9.69 Å². The highest BCUT2D eigenvalue weighted by Crippen LogP contribution is 2.19. The fourth-order valence-corrected chi connectivity index (χ4v) is 2.49. The largest absolute Gasteiger partial charge is 0.396 e. The molecule has 3 N–H and O–H groups in total. The number of rotatable bonds is 3. The number of hydrogen-bond donors (Lipinski definition) is 2. The third-order valence-electron chi connectivity index (χ3n) is 3.80. The maximum absolute atomic E-state index is 13.1. The van der Waals surface area contributed by atoms with Crippen LogP contribution in [0.3, 0.4) is 0 Å². The molecule has 1 saturated heterocycles. The number of ether oxygens (including phenoxy) is 1. The molecule has 0 saturated carbocycles. The molecule has 1 aliphatic heterocycles. The average Bonchev–Trinajstić information content (AvgIpc) is 2.44. The first-order chi connectivity index (χ1) is 9.88. The summed E-state index contributed by atoms with van der Waals surface area (Å²) in [4.78, 5) is 14.4. The minimum atomic E-state index is -0.489. The second-order valence-corrected chi connectivity index (χ2v) is 5.59. The molecule has 1 amide bonds. The van der Waals surface area contributed by atoms with Crippen molar-refractivity contribution in [3.63, 3.8) is 0 Å². The second-order valence-electron chi connectivity index (χ2n) is 5.59. The van der Waals surface area contributed by atoms with E-state index < -0.39 is 5.82 Å². The molecule has 0 spiro atoms. The Bertz CT molecular complexity index is 524. The molecule has 0 aromatic heterocycles. The van der Waals surface area contributed by atoms with Crippen molar-refractivity contribution in [3.8, 4) is 0 Å². The van der Waals surface area contributed by atoms with Crippen molar-refractivity contribution < 1.29 is 13.9 Å².